The van der Waals surface area contributed by atoms with Gasteiger partial charge in [-0.2, -0.15) is 0 Å². The third-order valence-electron chi connectivity index (χ3n) is 4.55. The summed E-state index contributed by atoms with van der Waals surface area (Å²) in [5, 5.41) is 0. The Balaban J connectivity index is 1.46. The number of amides is 1. The molecule has 6 heteroatoms. The van der Waals surface area contributed by atoms with E-state index in [1.54, 1.807) is 48.0 Å². The standard InChI is InChI=1S/C23H19NO4S/c1-27-17-12-10-16(11-13-17)14-23(26)28-15-22(25)24-18-6-2-4-8-20(18)29-21-9-5-3-7-19(21)24/h2-13H,14-15H2,1H3. The molecule has 0 saturated carbocycles. The molecule has 1 aliphatic rings. The van der Waals surface area contributed by atoms with Crippen LogP contribution in [0.3, 0.4) is 0 Å². The molecule has 0 atom stereocenters. The highest BCUT2D eigenvalue weighted by atomic mass is 32.2. The van der Waals surface area contributed by atoms with E-state index >= 15 is 0 Å². The number of para-hydroxylation sites is 2. The lowest BCUT2D eigenvalue weighted by atomic mass is 10.1. The third-order valence-corrected chi connectivity index (χ3v) is 5.68. The zero-order valence-electron chi connectivity index (χ0n) is 15.8. The van der Waals surface area contributed by atoms with Gasteiger partial charge in [0.15, 0.2) is 6.61 Å². The second-order valence-electron chi connectivity index (χ2n) is 6.45. The molecule has 5 nitrogen and oxygen atoms in total. The maximum atomic E-state index is 13.0. The average Bonchev–Trinajstić information content (AvgIpc) is 2.76. The fraction of sp³-hybridized carbons (Fsp3) is 0.130. The van der Waals surface area contributed by atoms with Gasteiger partial charge in [-0.15, -0.1) is 0 Å². The molecular formula is C23H19NO4S. The van der Waals surface area contributed by atoms with Crippen molar-refractivity contribution in [1.82, 2.24) is 0 Å². The van der Waals surface area contributed by atoms with Crippen molar-refractivity contribution in [3.63, 3.8) is 0 Å². The van der Waals surface area contributed by atoms with Gasteiger partial charge in [-0.05, 0) is 42.0 Å². The molecule has 0 saturated heterocycles. The first-order chi connectivity index (χ1) is 14.2. The van der Waals surface area contributed by atoms with Gasteiger partial charge in [0, 0.05) is 9.79 Å². The van der Waals surface area contributed by atoms with Gasteiger partial charge in [0.05, 0.1) is 24.9 Å². The number of hydrogen-bond donors (Lipinski definition) is 0. The first kappa shape index (κ1) is 19.1. The number of ether oxygens (including phenoxy) is 2. The molecule has 4 rings (SSSR count). The van der Waals surface area contributed by atoms with Crippen molar-refractivity contribution in [2.45, 2.75) is 16.2 Å². The van der Waals surface area contributed by atoms with Crippen LogP contribution in [0.15, 0.2) is 82.6 Å². The Kier molecular flexibility index (Phi) is 5.53. The van der Waals surface area contributed by atoms with Gasteiger partial charge in [0.25, 0.3) is 5.91 Å². The lowest BCUT2D eigenvalue weighted by Gasteiger charge is -2.30. The Bertz CT molecular complexity index is 1000. The minimum absolute atomic E-state index is 0.0975. The SMILES string of the molecule is COc1ccc(CC(=O)OCC(=O)N2c3ccccc3Sc3ccccc32)cc1. The second-order valence-corrected chi connectivity index (χ2v) is 7.54. The first-order valence-electron chi connectivity index (χ1n) is 9.13. The largest absolute Gasteiger partial charge is 0.497 e. The lowest BCUT2D eigenvalue weighted by molar-refractivity contribution is -0.147. The summed E-state index contributed by atoms with van der Waals surface area (Å²) in [6.45, 7) is -0.317. The van der Waals surface area contributed by atoms with Crippen molar-refractivity contribution in [3.8, 4) is 5.75 Å². The maximum Gasteiger partial charge on any atom is 0.310 e. The van der Waals surface area contributed by atoms with Crippen LogP contribution in [0, 0.1) is 0 Å². The van der Waals surface area contributed by atoms with E-state index in [1.165, 1.54) is 0 Å². The van der Waals surface area contributed by atoms with Crippen molar-refractivity contribution >= 4 is 35.0 Å². The summed E-state index contributed by atoms with van der Waals surface area (Å²) in [6, 6.07) is 22.6. The minimum Gasteiger partial charge on any atom is -0.497 e. The zero-order valence-corrected chi connectivity index (χ0v) is 16.6. The van der Waals surface area contributed by atoms with E-state index in [0.717, 1.165) is 32.5 Å². The predicted molar refractivity (Wildman–Crippen MR) is 112 cm³/mol. The molecule has 29 heavy (non-hydrogen) atoms. The molecule has 3 aromatic carbocycles. The summed E-state index contributed by atoms with van der Waals surface area (Å²) in [6.07, 6.45) is 0.0975. The molecule has 1 amide bonds. The fourth-order valence-electron chi connectivity index (χ4n) is 3.14. The Hall–Kier alpha value is -3.25. The third kappa shape index (κ3) is 4.12. The number of carbonyl (C=O) groups excluding carboxylic acids is 2. The van der Waals surface area contributed by atoms with Gasteiger partial charge in [0.1, 0.15) is 5.75 Å². The molecule has 0 aliphatic carbocycles. The Morgan fingerprint density at radius 3 is 2.03 bits per heavy atom. The molecule has 1 heterocycles. The van der Waals surface area contributed by atoms with Crippen LogP contribution in [-0.2, 0) is 20.7 Å². The van der Waals surface area contributed by atoms with Crippen LogP contribution < -0.4 is 9.64 Å². The van der Waals surface area contributed by atoms with E-state index in [2.05, 4.69) is 0 Å². The van der Waals surface area contributed by atoms with Crippen LogP contribution in [0.1, 0.15) is 5.56 Å². The van der Waals surface area contributed by atoms with E-state index in [4.69, 9.17) is 9.47 Å². The average molecular weight is 405 g/mol. The molecule has 0 bridgehead atoms. The van der Waals surface area contributed by atoms with Crippen LogP contribution in [0.25, 0.3) is 0 Å². The summed E-state index contributed by atoms with van der Waals surface area (Å²) in [5.41, 5.74) is 2.40. The van der Waals surface area contributed by atoms with Gasteiger partial charge in [-0.3, -0.25) is 14.5 Å². The summed E-state index contributed by atoms with van der Waals surface area (Å²) in [7, 11) is 1.59. The van der Waals surface area contributed by atoms with E-state index in [9.17, 15) is 9.59 Å². The zero-order chi connectivity index (χ0) is 20.2. The van der Waals surface area contributed by atoms with E-state index in [-0.39, 0.29) is 18.9 Å². The smallest absolute Gasteiger partial charge is 0.310 e. The first-order valence-corrected chi connectivity index (χ1v) is 9.95. The number of esters is 1. The summed E-state index contributed by atoms with van der Waals surface area (Å²) in [5.74, 6) is -0.0117. The number of nitrogens with zero attached hydrogens (tertiary/aromatic N) is 1. The Labute approximate surface area is 173 Å². The van der Waals surface area contributed by atoms with Gasteiger partial charge in [-0.1, -0.05) is 48.2 Å². The van der Waals surface area contributed by atoms with Crippen molar-refractivity contribution < 1.29 is 19.1 Å². The fourth-order valence-corrected chi connectivity index (χ4v) is 4.20. The molecule has 3 aromatic rings. The summed E-state index contributed by atoms with van der Waals surface area (Å²) < 4.78 is 10.4. The van der Waals surface area contributed by atoms with Gasteiger partial charge >= 0.3 is 5.97 Å². The molecule has 0 unspecified atom stereocenters. The number of benzene rings is 3. The Morgan fingerprint density at radius 1 is 0.862 bits per heavy atom. The monoisotopic (exact) mass is 405 g/mol. The maximum absolute atomic E-state index is 13.0. The van der Waals surface area contributed by atoms with Crippen molar-refractivity contribution in [1.29, 1.82) is 0 Å². The highest BCUT2D eigenvalue weighted by Gasteiger charge is 2.28. The summed E-state index contributed by atoms with van der Waals surface area (Å²) >= 11 is 1.62. The Morgan fingerprint density at radius 2 is 1.45 bits per heavy atom. The molecule has 146 valence electrons. The van der Waals surface area contributed by atoms with Crippen molar-refractivity contribution in [3.05, 3.63) is 78.4 Å². The van der Waals surface area contributed by atoms with Gasteiger partial charge < -0.3 is 9.47 Å². The molecule has 0 N–H and O–H groups in total. The number of hydrogen-bond acceptors (Lipinski definition) is 5. The highest BCUT2D eigenvalue weighted by Crippen LogP contribution is 2.47. The number of fused-ring (bicyclic) bond motifs is 2. The van der Waals surface area contributed by atoms with Crippen molar-refractivity contribution in [2.24, 2.45) is 0 Å². The summed E-state index contributed by atoms with van der Waals surface area (Å²) in [4.78, 5) is 28.8. The number of anilines is 2. The quantitative estimate of drug-likeness (QED) is 0.580. The van der Waals surface area contributed by atoms with Crippen LogP contribution in [0.5, 0.6) is 5.75 Å². The molecular weight excluding hydrogens is 386 g/mol. The van der Waals surface area contributed by atoms with E-state index in [0.29, 0.717) is 0 Å². The van der Waals surface area contributed by atoms with Crippen LogP contribution in [-0.4, -0.2) is 25.6 Å². The molecule has 0 fully saturated rings. The van der Waals surface area contributed by atoms with Crippen LogP contribution in [0.2, 0.25) is 0 Å². The van der Waals surface area contributed by atoms with Gasteiger partial charge in [-0.25, -0.2) is 0 Å². The number of methoxy groups -OCH3 is 1. The molecule has 0 aromatic heterocycles. The highest BCUT2D eigenvalue weighted by molar-refractivity contribution is 7.99. The topological polar surface area (TPSA) is 55.8 Å². The van der Waals surface area contributed by atoms with E-state index in [1.807, 2.05) is 48.5 Å². The number of carbonyl (C=O) groups is 2. The normalized spacial score (nSPS) is 12.0. The van der Waals surface area contributed by atoms with Crippen LogP contribution >= 0.6 is 11.8 Å². The number of rotatable bonds is 5. The minimum atomic E-state index is -0.448. The van der Waals surface area contributed by atoms with Crippen molar-refractivity contribution in [2.75, 3.05) is 18.6 Å². The lowest BCUT2D eigenvalue weighted by Crippen LogP contribution is -2.32. The van der Waals surface area contributed by atoms with Gasteiger partial charge in [0.2, 0.25) is 0 Å². The molecule has 0 radical (unpaired) electrons. The molecule has 0 spiro atoms. The van der Waals surface area contributed by atoms with Crippen LogP contribution in [0.4, 0.5) is 11.4 Å². The van der Waals surface area contributed by atoms with E-state index < -0.39 is 5.97 Å². The second kappa shape index (κ2) is 8.41. The molecule has 1 aliphatic heterocycles. The predicted octanol–water partition coefficient (Wildman–Crippen LogP) is 4.61.